The number of fused-ring (bicyclic) bond motifs is 1. The summed E-state index contributed by atoms with van der Waals surface area (Å²) in [5, 5.41) is 2.62. The molecule has 7 heteroatoms. The van der Waals surface area contributed by atoms with Gasteiger partial charge >= 0.3 is 6.18 Å². The Morgan fingerprint density at radius 2 is 1.75 bits per heavy atom. The Bertz CT molecular complexity index is 930. The van der Waals surface area contributed by atoms with Crippen molar-refractivity contribution in [3.05, 3.63) is 59.2 Å². The van der Waals surface area contributed by atoms with Crippen molar-refractivity contribution in [2.75, 3.05) is 16.8 Å². The summed E-state index contributed by atoms with van der Waals surface area (Å²) in [5.41, 5.74) is 0.638. The summed E-state index contributed by atoms with van der Waals surface area (Å²) in [6, 6.07) is 9.47. The van der Waals surface area contributed by atoms with E-state index >= 15 is 0 Å². The highest BCUT2D eigenvalue weighted by Crippen LogP contribution is 2.34. The third-order valence-electron chi connectivity index (χ3n) is 4.58. The van der Waals surface area contributed by atoms with Crippen molar-refractivity contribution in [3.8, 4) is 0 Å². The van der Waals surface area contributed by atoms with Gasteiger partial charge in [0.2, 0.25) is 5.91 Å². The molecule has 0 fully saturated rings. The molecule has 0 saturated carbocycles. The van der Waals surface area contributed by atoms with E-state index in [0.717, 1.165) is 29.8 Å². The van der Waals surface area contributed by atoms with Crippen molar-refractivity contribution in [1.29, 1.82) is 0 Å². The first-order valence-electron chi connectivity index (χ1n) is 8.90. The van der Waals surface area contributed by atoms with E-state index in [1.165, 1.54) is 12.1 Å². The van der Waals surface area contributed by atoms with E-state index in [1.54, 1.807) is 17.0 Å². The lowest BCUT2D eigenvalue weighted by molar-refractivity contribution is -0.137. The molecule has 2 amide bonds. The Kier molecular flexibility index (Phi) is 4.95. The standard InChI is InChI=1S/C21H21F3N2O2/c1-20(2,3)19(28)26-10-9-13-7-8-16(12-17(13)26)25-18(27)14-5-4-6-15(11-14)21(22,23)24/h4-8,11-12H,9-10H2,1-3H3,(H,25,27). The van der Waals surface area contributed by atoms with Crippen LogP contribution in [0.4, 0.5) is 24.5 Å². The molecule has 1 N–H and O–H groups in total. The maximum Gasteiger partial charge on any atom is 0.416 e. The highest BCUT2D eigenvalue weighted by atomic mass is 19.4. The minimum Gasteiger partial charge on any atom is -0.322 e. The summed E-state index contributed by atoms with van der Waals surface area (Å²) in [4.78, 5) is 26.7. The second kappa shape index (κ2) is 6.96. The molecular formula is C21H21F3N2O2. The average Bonchev–Trinajstić information content (AvgIpc) is 3.02. The molecule has 0 bridgehead atoms. The van der Waals surface area contributed by atoms with E-state index in [0.29, 0.717) is 12.2 Å². The number of halogens is 3. The molecule has 0 aliphatic carbocycles. The third kappa shape index (κ3) is 4.03. The van der Waals surface area contributed by atoms with Crippen LogP contribution in [0.25, 0.3) is 0 Å². The maximum atomic E-state index is 12.9. The van der Waals surface area contributed by atoms with Crippen molar-refractivity contribution in [2.45, 2.75) is 33.4 Å². The Morgan fingerprint density at radius 1 is 1.04 bits per heavy atom. The minimum atomic E-state index is -4.52. The predicted octanol–water partition coefficient (Wildman–Crippen LogP) is 4.89. The van der Waals surface area contributed by atoms with Crippen molar-refractivity contribution in [2.24, 2.45) is 5.41 Å². The number of benzene rings is 2. The molecule has 1 aliphatic heterocycles. The molecule has 1 heterocycles. The van der Waals surface area contributed by atoms with Gasteiger partial charge in [-0.3, -0.25) is 9.59 Å². The first-order chi connectivity index (χ1) is 13.0. The van der Waals surface area contributed by atoms with Crippen molar-refractivity contribution in [1.82, 2.24) is 0 Å². The van der Waals surface area contributed by atoms with Crippen LogP contribution in [0.2, 0.25) is 0 Å². The summed E-state index contributed by atoms with van der Waals surface area (Å²) in [7, 11) is 0. The van der Waals surface area contributed by atoms with Crippen molar-refractivity contribution in [3.63, 3.8) is 0 Å². The van der Waals surface area contributed by atoms with Gasteiger partial charge < -0.3 is 10.2 Å². The SMILES string of the molecule is CC(C)(C)C(=O)N1CCc2ccc(NC(=O)c3cccc(C(F)(F)F)c3)cc21. The van der Waals surface area contributed by atoms with E-state index in [4.69, 9.17) is 0 Å². The van der Waals surface area contributed by atoms with Crippen LogP contribution in [-0.2, 0) is 17.4 Å². The molecule has 0 spiro atoms. The summed E-state index contributed by atoms with van der Waals surface area (Å²) in [6.07, 6.45) is -3.79. The van der Waals surface area contributed by atoms with Gasteiger partial charge in [-0.2, -0.15) is 13.2 Å². The molecule has 0 radical (unpaired) electrons. The van der Waals surface area contributed by atoms with Gasteiger partial charge in [-0.25, -0.2) is 0 Å². The number of nitrogens with zero attached hydrogens (tertiary/aromatic N) is 1. The molecule has 28 heavy (non-hydrogen) atoms. The van der Waals surface area contributed by atoms with Crippen molar-refractivity contribution >= 4 is 23.2 Å². The largest absolute Gasteiger partial charge is 0.416 e. The van der Waals surface area contributed by atoms with Crippen molar-refractivity contribution < 1.29 is 22.8 Å². The second-order valence-corrected chi connectivity index (χ2v) is 7.83. The molecule has 148 valence electrons. The van der Waals surface area contributed by atoms with Gasteiger partial charge in [0.05, 0.1) is 5.56 Å². The lowest BCUT2D eigenvalue weighted by Crippen LogP contribution is -2.38. The lowest BCUT2D eigenvalue weighted by Gasteiger charge is -2.26. The van der Waals surface area contributed by atoms with E-state index in [-0.39, 0.29) is 11.5 Å². The van der Waals surface area contributed by atoms with Gasteiger partial charge in [0.25, 0.3) is 5.91 Å². The van der Waals surface area contributed by atoms with Crippen LogP contribution in [-0.4, -0.2) is 18.4 Å². The minimum absolute atomic E-state index is 0.0207. The molecule has 3 rings (SSSR count). The molecule has 0 atom stereocenters. The normalized spacial score (nSPS) is 14.0. The highest BCUT2D eigenvalue weighted by molar-refractivity contribution is 6.05. The zero-order valence-corrected chi connectivity index (χ0v) is 15.9. The van der Waals surface area contributed by atoms with Crippen LogP contribution in [0.3, 0.4) is 0 Å². The Morgan fingerprint density at radius 3 is 2.39 bits per heavy atom. The summed E-state index contributed by atoms with van der Waals surface area (Å²) >= 11 is 0. The predicted molar refractivity (Wildman–Crippen MR) is 101 cm³/mol. The van der Waals surface area contributed by atoms with Crippen LogP contribution in [0, 0.1) is 5.41 Å². The number of nitrogens with one attached hydrogen (secondary N) is 1. The fourth-order valence-electron chi connectivity index (χ4n) is 3.11. The first-order valence-corrected chi connectivity index (χ1v) is 8.90. The molecule has 4 nitrogen and oxygen atoms in total. The third-order valence-corrected chi connectivity index (χ3v) is 4.58. The molecule has 0 aromatic heterocycles. The molecule has 2 aromatic carbocycles. The maximum absolute atomic E-state index is 12.9. The number of hydrogen-bond donors (Lipinski definition) is 1. The van der Waals surface area contributed by atoms with Crippen LogP contribution < -0.4 is 10.2 Å². The Labute approximate surface area is 161 Å². The van der Waals surface area contributed by atoms with Crippen LogP contribution in [0.1, 0.15) is 42.3 Å². The topological polar surface area (TPSA) is 49.4 Å². The number of alkyl halides is 3. The molecular weight excluding hydrogens is 369 g/mol. The van der Waals surface area contributed by atoms with Gasteiger partial charge in [0.1, 0.15) is 0 Å². The van der Waals surface area contributed by atoms with E-state index in [1.807, 2.05) is 26.8 Å². The second-order valence-electron chi connectivity index (χ2n) is 7.83. The number of carbonyl (C=O) groups excluding carboxylic acids is 2. The molecule has 2 aromatic rings. The van der Waals surface area contributed by atoms with Crippen LogP contribution in [0.15, 0.2) is 42.5 Å². The summed E-state index contributed by atoms with van der Waals surface area (Å²) in [5.74, 6) is -0.662. The van der Waals surface area contributed by atoms with Gasteiger partial charge in [0.15, 0.2) is 0 Å². The molecule has 0 unspecified atom stereocenters. The number of amides is 2. The number of carbonyl (C=O) groups is 2. The van der Waals surface area contributed by atoms with Crippen LogP contribution >= 0.6 is 0 Å². The number of anilines is 2. The number of hydrogen-bond acceptors (Lipinski definition) is 2. The van der Waals surface area contributed by atoms with Crippen LogP contribution in [0.5, 0.6) is 0 Å². The van der Waals surface area contributed by atoms with E-state index < -0.39 is 23.1 Å². The fraction of sp³-hybridized carbons (Fsp3) is 0.333. The van der Waals surface area contributed by atoms with E-state index in [9.17, 15) is 22.8 Å². The zero-order valence-electron chi connectivity index (χ0n) is 15.9. The quantitative estimate of drug-likeness (QED) is 0.794. The first kappa shape index (κ1) is 19.9. The van der Waals surface area contributed by atoms with E-state index in [2.05, 4.69) is 5.32 Å². The zero-order chi connectivity index (χ0) is 20.7. The fourth-order valence-corrected chi connectivity index (χ4v) is 3.11. The average molecular weight is 390 g/mol. The summed E-state index contributed by atoms with van der Waals surface area (Å²) < 4.78 is 38.6. The lowest BCUT2D eigenvalue weighted by atomic mass is 9.94. The smallest absolute Gasteiger partial charge is 0.322 e. The van der Waals surface area contributed by atoms with Gasteiger partial charge in [-0.15, -0.1) is 0 Å². The monoisotopic (exact) mass is 390 g/mol. The van der Waals surface area contributed by atoms with Gasteiger partial charge in [-0.1, -0.05) is 32.9 Å². The molecule has 0 saturated heterocycles. The Balaban J connectivity index is 1.83. The number of rotatable bonds is 2. The Hall–Kier alpha value is -2.83. The van der Waals surface area contributed by atoms with Gasteiger partial charge in [-0.05, 0) is 42.3 Å². The van der Waals surface area contributed by atoms with Gasteiger partial charge in [0, 0.05) is 28.9 Å². The molecule has 1 aliphatic rings. The summed E-state index contributed by atoms with van der Waals surface area (Å²) in [6.45, 7) is 6.09. The highest BCUT2D eigenvalue weighted by Gasteiger charge is 2.33.